The fourth-order valence-electron chi connectivity index (χ4n) is 5.85. The summed E-state index contributed by atoms with van der Waals surface area (Å²) < 4.78 is 2.19. The summed E-state index contributed by atoms with van der Waals surface area (Å²) in [5.41, 5.74) is 5.42. The minimum atomic E-state index is -0.0159. The summed E-state index contributed by atoms with van der Waals surface area (Å²) in [5, 5.41) is 10.5. The molecule has 7 nitrogen and oxygen atoms in total. The van der Waals surface area contributed by atoms with Gasteiger partial charge in [-0.25, -0.2) is 4.98 Å². The van der Waals surface area contributed by atoms with E-state index in [2.05, 4.69) is 70.5 Å². The maximum absolute atomic E-state index is 10.5. The van der Waals surface area contributed by atoms with Crippen LogP contribution in [0.25, 0.3) is 5.65 Å². The molecule has 0 saturated carbocycles. The number of hydrogen-bond donors (Lipinski definition) is 1. The van der Waals surface area contributed by atoms with Gasteiger partial charge in [0.2, 0.25) is 0 Å². The van der Waals surface area contributed by atoms with E-state index in [0.717, 1.165) is 74.7 Å². The highest BCUT2D eigenvalue weighted by Gasteiger charge is 2.30. The summed E-state index contributed by atoms with van der Waals surface area (Å²) in [4.78, 5) is 17.1. The number of aryl methyl sites for hydroxylation is 1. The first-order valence-electron chi connectivity index (χ1n) is 12.8. The number of aromatic nitrogens is 3. The Bertz CT molecular complexity index is 1130. The minimum Gasteiger partial charge on any atom is -0.390 e. The van der Waals surface area contributed by atoms with Gasteiger partial charge in [-0.05, 0) is 76.5 Å². The first kappa shape index (κ1) is 23.3. The second-order valence-corrected chi connectivity index (χ2v) is 10.0. The Morgan fingerprint density at radius 3 is 2.79 bits per heavy atom. The van der Waals surface area contributed by atoms with Crippen LogP contribution in [-0.2, 0) is 19.6 Å². The number of hydrogen-bond acceptors (Lipinski definition) is 6. The minimum absolute atomic E-state index is 0.0159. The Kier molecular flexibility index (Phi) is 6.86. The van der Waals surface area contributed by atoms with Crippen LogP contribution in [0.4, 0.5) is 5.82 Å². The van der Waals surface area contributed by atoms with Crippen LogP contribution < -0.4 is 4.90 Å². The molecular formula is C27H38N6O. The fraction of sp³-hybridized carbons (Fsp3) is 0.556. The van der Waals surface area contributed by atoms with Crippen LogP contribution in [0.3, 0.4) is 0 Å². The highest BCUT2D eigenvalue weighted by molar-refractivity contribution is 5.55. The Morgan fingerprint density at radius 2 is 2.03 bits per heavy atom. The molecule has 5 rings (SSSR count). The van der Waals surface area contributed by atoms with Crippen molar-refractivity contribution < 1.29 is 5.11 Å². The van der Waals surface area contributed by atoms with Crippen LogP contribution in [0.15, 0.2) is 36.5 Å². The molecule has 0 radical (unpaired) electrons. The Balaban J connectivity index is 1.49. The normalized spacial score (nSPS) is 20.6. The van der Waals surface area contributed by atoms with Crippen LogP contribution in [0.2, 0.25) is 0 Å². The van der Waals surface area contributed by atoms with Crippen LogP contribution in [-0.4, -0.2) is 69.0 Å². The zero-order valence-corrected chi connectivity index (χ0v) is 20.8. The van der Waals surface area contributed by atoms with Crippen LogP contribution in [0.5, 0.6) is 0 Å². The molecule has 0 aromatic carbocycles. The molecule has 2 aliphatic rings. The van der Waals surface area contributed by atoms with E-state index in [1.54, 1.807) is 0 Å². The Morgan fingerprint density at radius 1 is 1.15 bits per heavy atom. The molecule has 0 amide bonds. The molecule has 1 N–H and O–H groups in total. The molecule has 4 heterocycles. The molecular weight excluding hydrogens is 424 g/mol. The van der Waals surface area contributed by atoms with E-state index in [0.29, 0.717) is 12.1 Å². The highest BCUT2D eigenvalue weighted by Crippen LogP contribution is 2.35. The maximum atomic E-state index is 10.5. The molecule has 1 fully saturated rings. The third kappa shape index (κ3) is 4.32. The van der Waals surface area contributed by atoms with Gasteiger partial charge in [0.1, 0.15) is 11.5 Å². The van der Waals surface area contributed by atoms with E-state index < -0.39 is 0 Å². The van der Waals surface area contributed by atoms with Gasteiger partial charge in [-0.1, -0.05) is 19.1 Å². The second kappa shape index (κ2) is 10.0. The van der Waals surface area contributed by atoms with Crippen molar-refractivity contribution in [2.75, 3.05) is 38.6 Å². The van der Waals surface area contributed by atoms with Crippen LogP contribution in [0, 0.1) is 0 Å². The van der Waals surface area contributed by atoms with Crippen LogP contribution >= 0.6 is 0 Å². The summed E-state index contributed by atoms with van der Waals surface area (Å²) in [7, 11) is 4.31. The number of aliphatic hydroxyl groups excluding tert-OH is 1. The average molecular weight is 463 g/mol. The van der Waals surface area contributed by atoms with Crippen molar-refractivity contribution in [3.05, 3.63) is 59.2 Å². The molecule has 7 heteroatoms. The molecule has 1 aliphatic heterocycles. The largest absolute Gasteiger partial charge is 0.390 e. The topological polar surface area (TPSA) is 60.1 Å². The number of imidazole rings is 1. The van der Waals surface area contributed by atoms with Gasteiger partial charge in [-0.3, -0.25) is 14.3 Å². The lowest BCUT2D eigenvalue weighted by atomic mass is 9.90. The monoisotopic (exact) mass is 462 g/mol. The van der Waals surface area contributed by atoms with Gasteiger partial charge in [0.05, 0.1) is 29.7 Å². The molecule has 2 atom stereocenters. The molecule has 0 unspecified atom stereocenters. The van der Waals surface area contributed by atoms with Crippen molar-refractivity contribution in [2.45, 2.75) is 64.3 Å². The van der Waals surface area contributed by atoms with Gasteiger partial charge in [0, 0.05) is 31.9 Å². The van der Waals surface area contributed by atoms with Crippen molar-refractivity contribution in [2.24, 2.45) is 0 Å². The van der Waals surface area contributed by atoms with Gasteiger partial charge in [0.25, 0.3) is 0 Å². The Labute approximate surface area is 203 Å². The number of fused-ring (bicyclic) bond motifs is 2. The molecule has 0 bridgehead atoms. The van der Waals surface area contributed by atoms with Crippen molar-refractivity contribution in [3.8, 4) is 0 Å². The molecule has 1 aliphatic carbocycles. The van der Waals surface area contributed by atoms with E-state index in [4.69, 9.17) is 9.97 Å². The zero-order valence-electron chi connectivity index (χ0n) is 20.8. The molecule has 3 aromatic rings. The molecule has 0 spiro atoms. The van der Waals surface area contributed by atoms with Crippen molar-refractivity contribution in [1.82, 2.24) is 24.2 Å². The molecule has 182 valence electrons. The number of nitrogens with zero attached hydrogens (tertiary/aromatic N) is 6. The fourth-order valence-corrected chi connectivity index (χ4v) is 5.85. The van der Waals surface area contributed by atoms with Gasteiger partial charge in [0.15, 0.2) is 0 Å². The second-order valence-electron chi connectivity index (χ2n) is 10.0. The third-order valence-corrected chi connectivity index (χ3v) is 7.64. The quantitative estimate of drug-likeness (QED) is 0.551. The van der Waals surface area contributed by atoms with Gasteiger partial charge >= 0.3 is 0 Å². The predicted octanol–water partition coefficient (Wildman–Crippen LogP) is 3.65. The number of likely N-dealkylation sites (N-methyl/N-ethyl adjacent to an activating group) is 1. The van der Waals surface area contributed by atoms with Crippen molar-refractivity contribution >= 4 is 11.5 Å². The Hall–Kier alpha value is -2.48. The number of aliphatic hydroxyl groups is 1. The standard InChI is InChI=1S/C27H38N6O/c1-4-15-31(23-10-5-8-20-9-7-14-28-27(20)23)18-22-24(19-34)33-25(29-22)11-6-12-26(33)32-16-13-21(17-32)30(2)3/h6-7,9,11-12,14,21,23,34H,4-5,8,10,13,15-19H2,1-3H3/t21-,23+/m1/s1. The lowest BCUT2D eigenvalue weighted by molar-refractivity contribution is 0.162. The van der Waals surface area contributed by atoms with Gasteiger partial charge in [-0.2, -0.15) is 0 Å². The smallest absolute Gasteiger partial charge is 0.138 e. The summed E-state index contributed by atoms with van der Waals surface area (Å²) in [6.45, 7) is 5.95. The lowest BCUT2D eigenvalue weighted by Gasteiger charge is -2.34. The predicted molar refractivity (Wildman–Crippen MR) is 136 cm³/mol. The third-order valence-electron chi connectivity index (χ3n) is 7.64. The number of rotatable bonds is 8. The first-order chi connectivity index (χ1) is 16.6. The number of pyridine rings is 2. The number of anilines is 1. The first-order valence-corrected chi connectivity index (χ1v) is 12.8. The summed E-state index contributed by atoms with van der Waals surface area (Å²) in [6.07, 6.45) is 7.57. The van der Waals surface area contributed by atoms with E-state index in [9.17, 15) is 5.11 Å². The highest BCUT2D eigenvalue weighted by atomic mass is 16.3. The van der Waals surface area contributed by atoms with Crippen LogP contribution in [0.1, 0.15) is 61.3 Å². The zero-order chi connectivity index (χ0) is 23.7. The SMILES string of the molecule is CCCN(Cc1nc2cccc(N3CC[C@@H](N(C)C)C3)n2c1CO)[C@H]1CCCc2cccnc21. The summed E-state index contributed by atoms with van der Waals surface area (Å²) >= 11 is 0. The summed E-state index contributed by atoms with van der Waals surface area (Å²) in [6, 6.07) is 11.5. The summed E-state index contributed by atoms with van der Waals surface area (Å²) in [5.74, 6) is 1.14. The van der Waals surface area contributed by atoms with E-state index in [1.165, 1.54) is 17.7 Å². The van der Waals surface area contributed by atoms with E-state index >= 15 is 0 Å². The van der Waals surface area contributed by atoms with E-state index in [-0.39, 0.29) is 6.61 Å². The van der Waals surface area contributed by atoms with Gasteiger partial charge in [-0.15, -0.1) is 0 Å². The molecule has 34 heavy (non-hydrogen) atoms. The van der Waals surface area contributed by atoms with Gasteiger partial charge < -0.3 is 14.9 Å². The lowest BCUT2D eigenvalue weighted by Crippen LogP contribution is -2.33. The van der Waals surface area contributed by atoms with E-state index in [1.807, 2.05) is 6.20 Å². The van der Waals surface area contributed by atoms with Crippen molar-refractivity contribution in [1.29, 1.82) is 0 Å². The average Bonchev–Trinajstić information content (AvgIpc) is 3.48. The molecule has 3 aromatic heterocycles. The molecule has 1 saturated heterocycles. The maximum Gasteiger partial charge on any atom is 0.138 e. The van der Waals surface area contributed by atoms with Crippen molar-refractivity contribution in [3.63, 3.8) is 0 Å².